The molecule has 0 bridgehead atoms. The summed E-state index contributed by atoms with van der Waals surface area (Å²) in [7, 11) is 0. The summed E-state index contributed by atoms with van der Waals surface area (Å²) in [6.07, 6.45) is 2.01. The molecule has 0 saturated carbocycles. The van der Waals surface area contributed by atoms with Gasteiger partial charge in [0.2, 0.25) is 0 Å². The Balaban J connectivity index is 1.90. The first-order chi connectivity index (χ1) is 12.4. The van der Waals surface area contributed by atoms with Gasteiger partial charge in [0.15, 0.2) is 11.9 Å². The average Bonchev–Trinajstić information content (AvgIpc) is 2.61. The van der Waals surface area contributed by atoms with E-state index in [-0.39, 0.29) is 5.78 Å². The van der Waals surface area contributed by atoms with Crippen LogP contribution in [0.3, 0.4) is 0 Å². The maximum atomic E-state index is 12.1. The molecule has 0 saturated heterocycles. The Kier molecular flexibility index (Phi) is 6.44. The Bertz CT molecular complexity index is 837. The molecule has 0 aliphatic heterocycles. The minimum absolute atomic E-state index is 0.0504. The molecule has 134 valence electrons. The summed E-state index contributed by atoms with van der Waals surface area (Å²) in [6.45, 7) is 4.91. The van der Waals surface area contributed by atoms with Gasteiger partial charge >= 0.3 is 5.97 Å². The van der Waals surface area contributed by atoms with Crippen molar-refractivity contribution < 1.29 is 19.1 Å². The second-order valence-corrected chi connectivity index (χ2v) is 5.89. The fourth-order valence-electron chi connectivity index (χ4n) is 2.23. The predicted octanol–water partition coefficient (Wildman–Crippen LogP) is 3.78. The van der Waals surface area contributed by atoms with Gasteiger partial charge in [0, 0.05) is 17.3 Å². The van der Waals surface area contributed by atoms with E-state index >= 15 is 0 Å². The Morgan fingerprint density at radius 2 is 1.69 bits per heavy atom. The van der Waals surface area contributed by atoms with Crippen molar-refractivity contribution in [2.75, 3.05) is 5.32 Å². The lowest BCUT2D eigenvalue weighted by Crippen LogP contribution is -2.29. The van der Waals surface area contributed by atoms with Gasteiger partial charge in [-0.05, 0) is 62.2 Å². The monoisotopic (exact) mass is 351 g/mol. The second-order valence-electron chi connectivity index (χ2n) is 5.89. The first-order valence-corrected chi connectivity index (χ1v) is 8.23. The summed E-state index contributed by atoms with van der Waals surface area (Å²) in [5.74, 6) is -1.09. The Labute approximate surface area is 152 Å². The number of rotatable bonds is 6. The number of carbonyl (C=O) groups excluding carboxylic acids is 3. The molecule has 0 radical (unpaired) electrons. The molecule has 0 heterocycles. The molecule has 1 amide bonds. The van der Waals surface area contributed by atoms with Crippen LogP contribution in [-0.2, 0) is 14.3 Å². The van der Waals surface area contributed by atoms with Gasteiger partial charge in [-0.25, -0.2) is 4.79 Å². The van der Waals surface area contributed by atoms with E-state index in [1.54, 1.807) is 30.3 Å². The number of ether oxygens (including phenoxy) is 1. The highest BCUT2D eigenvalue weighted by atomic mass is 16.5. The van der Waals surface area contributed by atoms with E-state index in [0.29, 0.717) is 11.3 Å². The van der Waals surface area contributed by atoms with Crippen LogP contribution < -0.4 is 5.32 Å². The molecule has 2 aromatic carbocycles. The number of hydrogen-bond acceptors (Lipinski definition) is 4. The number of ketones is 1. The molecule has 26 heavy (non-hydrogen) atoms. The van der Waals surface area contributed by atoms with Crippen molar-refractivity contribution in [2.45, 2.75) is 26.9 Å². The number of aryl methyl sites for hydroxylation is 1. The number of amides is 1. The SMILES string of the molecule is CC(=O)c1ccc(NC(=O)[C@H](C)OC(=O)/C=C/c2ccccc2C)cc1. The number of anilines is 1. The van der Waals surface area contributed by atoms with Crippen LogP contribution >= 0.6 is 0 Å². The molecule has 2 aromatic rings. The van der Waals surface area contributed by atoms with Crippen molar-refractivity contribution in [1.29, 1.82) is 0 Å². The highest BCUT2D eigenvalue weighted by molar-refractivity contribution is 5.98. The summed E-state index contributed by atoms with van der Waals surface area (Å²) in [6, 6.07) is 14.1. The van der Waals surface area contributed by atoms with Gasteiger partial charge in [0.25, 0.3) is 5.91 Å². The van der Waals surface area contributed by atoms with Gasteiger partial charge < -0.3 is 10.1 Å². The van der Waals surface area contributed by atoms with Crippen molar-refractivity contribution in [3.05, 3.63) is 71.3 Å². The number of nitrogens with one attached hydrogen (secondary N) is 1. The summed E-state index contributed by atoms with van der Waals surface area (Å²) in [5.41, 5.74) is 3.03. The van der Waals surface area contributed by atoms with E-state index in [1.807, 2.05) is 31.2 Å². The van der Waals surface area contributed by atoms with E-state index in [1.165, 1.54) is 19.9 Å². The molecule has 1 N–H and O–H groups in total. The molecule has 1 atom stereocenters. The van der Waals surface area contributed by atoms with Crippen LogP contribution in [0.25, 0.3) is 6.08 Å². The van der Waals surface area contributed by atoms with Gasteiger partial charge in [-0.15, -0.1) is 0 Å². The van der Waals surface area contributed by atoms with Crippen LogP contribution in [-0.4, -0.2) is 23.8 Å². The van der Waals surface area contributed by atoms with E-state index in [9.17, 15) is 14.4 Å². The van der Waals surface area contributed by atoms with Crippen molar-refractivity contribution in [1.82, 2.24) is 0 Å². The lowest BCUT2D eigenvalue weighted by Gasteiger charge is -2.12. The van der Waals surface area contributed by atoms with E-state index in [4.69, 9.17) is 4.74 Å². The largest absolute Gasteiger partial charge is 0.449 e. The van der Waals surface area contributed by atoms with Crippen molar-refractivity contribution in [3.8, 4) is 0 Å². The molecule has 0 aliphatic carbocycles. The molecule has 0 aromatic heterocycles. The minimum atomic E-state index is -0.948. The number of benzene rings is 2. The molecule has 0 unspecified atom stereocenters. The number of hydrogen-bond donors (Lipinski definition) is 1. The summed E-state index contributed by atoms with van der Waals surface area (Å²) < 4.78 is 5.12. The molecule has 0 aliphatic rings. The van der Waals surface area contributed by atoms with Gasteiger partial charge in [0.1, 0.15) is 0 Å². The number of esters is 1. The summed E-state index contributed by atoms with van der Waals surface area (Å²) in [4.78, 5) is 35.2. The summed E-state index contributed by atoms with van der Waals surface area (Å²) >= 11 is 0. The number of carbonyl (C=O) groups is 3. The topological polar surface area (TPSA) is 72.5 Å². The van der Waals surface area contributed by atoms with E-state index < -0.39 is 18.0 Å². The molecule has 5 nitrogen and oxygen atoms in total. The molecular weight excluding hydrogens is 330 g/mol. The van der Waals surface area contributed by atoms with Crippen LogP contribution in [0.1, 0.15) is 35.3 Å². The van der Waals surface area contributed by atoms with Crippen LogP contribution in [0.5, 0.6) is 0 Å². The minimum Gasteiger partial charge on any atom is -0.449 e. The molecular formula is C21H21NO4. The summed E-state index contributed by atoms with van der Waals surface area (Å²) in [5, 5.41) is 2.64. The van der Waals surface area contributed by atoms with E-state index in [0.717, 1.165) is 11.1 Å². The maximum absolute atomic E-state index is 12.1. The Morgan fingerprint density at radius 3 is 2.31 bits per heavy atom. The molecule has 0 fully saturated rings. The second kappa shape index (κ2) is 8.76. The highest BCUT2D eigenvalue weighted by Gasteiger charge is 2.16. The van der Waals surface area contributed by atoms with Gasteiger partial charge in [-0.2, -0.15) is 0 Å². The quantitative estimate of drug-likeness (QED) is 0.488. The van der Waals surface area contributed by atoms with Gasteiger partial charge in [-0.1, -0.05) is 24.3 Å². The van der Waals surface area contributed by atoms with Crippen LogP contribution in [0.2, 0.25) is 0 Å². The zero-order valence-electron chi connectivity index (χ0n) is 15.0. The first kappa shape index (κ1) is 19.1. The smallest absolute Gasteiger partial charge is 0.331 e. The predicted molar refractivity (Wildman–Crippen MR) is 101 cm³/mol. The zero-order chi connectivity index (χ0) is 19.1. The van der Waals surface area contributed by atoms with Crippen molar-refractivity contribution in [3.63, 3.8) is 0 Å². The zero-order valence-corrected chi connectivity index (χ0v) is 15.0. The third kappa shape index (κ3) is 5.41. The maximum Gasteiger partial charge on any atom is 0.331 e. The highest BCUT2D eigenvalue weighted by Crippen LogP contribution is 2.12. The number of Topliss-reactive ketones (excluding diaryl/α,β-unsaturated/α-hetero) is 1. The average molecular weight is 351 g/mol. The lowest BCUT2D eigenvalue weighted by atomic mass is 10.1. The van der Waals surface area contributed by atoms with Crippen molar-refractivity contribution >= 4 is 29.4 Å². The van der Waals surface area contributed by atoms with Gasteiger partial charge in [-0.3, -0.25) is 9.59 Å². The Hall–Kier alpha value is -3.21. The Morgan fingerprint density at radius 1 is 1.04 bits per heavy atom. The van der Waals surface area contributed by atoms with Crippen LogP contribution in [0, 0.1) is 6.92 Å². The van der Waals surface area contributed by atoms with Gasteiger partial charge in [0.05, 0.1) is 0 Å². The molecule has 2 rings (SSSR count). The first-order valence-electron chi connectivity index (χ1n) is 8.23. The fraction of sp³-hybridized carbons (Fsp3) is 0.190. The third-order valence-electron chi connectivity index (χ3n) is 3.81. The molecule has 0 spiro atoms. The third-order valence-corrected chi connectivity index (χ3v) is 3.81. The molecule has 5 heteroatoms. The van der Waals surface area contributed by atoms with Crippen LogP contribution in [0.15, 0.2) is 54.6 Å². The van der Waals surface area contributed by atoms with Crippen LogP contribution in [0.4, 0.5) is 5.69 Å². The lowest BCUT2D eigenvalue weighted by molar-refractivity contribution is -0.148. The standard InChI is InChI=1S/C21H21NO4/c1-14-6-4-5-7-17(14)10-13-20(24)26-16(3)21(25)22-19-11-8-18(9-12-19)15(2)23/h4-13,16H,1-3H3,(H,22,25)/b13-10+/t16-/m0/s1. The van der Waals surface area contributed by atoms with Crippen molar-refractivity contribution in [2.24, 2.45) is 0 Å². The normalized spacial score (nSPS) is 11.8. The fourth-order valence-corrected chi connectivity index (χ4v) is 2.23. The van der Waals surface area contributed by atoms with E-state index in [2.05, 4.69) is 5.32 Å².